The van der Waals surface area contributed by atoms with Gasteiger partial charge in [-0.1, -0.05) is 26.2 Å². The van der Waals surface area contributed by atoms with Crippen LogP contribution in [0, 0.1) is 6.92 Å². The Morgan fingerprint density at radius 2 is 1.79 bits per heavy atom. The highest BCUT2D eigenvalue weighted by Crippen LogP contribution is 2.02. The maximum atomic E-state index is 9.19. The highest BCUT2D eigenvalue weighted by molar-refractivity contribution is 7.85. The van der Waals surface area contributed by atoms with Crippen LogP contribution < -0.4 is 4.57 Å². The van der Waals surface area contributed by atoms with Gasteiger partial charge in [0.05, 0.1) is 6.26 Å². The van der Waals surface area contributed by atoms with Crippen LogP contribution in [0.1, 0.15) is 44.6 Å². The molecule has 0 unspecified atom stereocenters. The molecule has 4 nitrogen and oxygen atoms in total. The van der Waals surface area contributed by atoms with Crippen LogP contribution in [0.25, 0.3) is 0 Å². The molecule has 1 aromatic heterocycles. The van der Waals surface area contributed by atoms with Crippen molar-refractivity contribution >= 4 is 10.1 Å². The number of aryl methyl sites for hydroxylation is 2. The highest BCUT2D eigenvalue weighted by atomic mass is 32.2. The Labute approximate surface area is 117 Å². The first-order valence-electron chi connectivity index (χ1n) is 6.71. The molecule has 1 heterocycles. The molecule has 0 fully saturated rings. The van der Waals surface area contributed by atoms with Crippen molar-refractivity contribution in [2.75, 3.05) is 6.26 Å². The van der Waals surface area contributed by atoms with Gasteiger partial charge in [-0.2, -0.15) is 8.42 Å². The smallest absolute Gasteiger partial charge is 0.261 e. The summed E-state index contributed by atoms with van der Waals surface area (Å²) in [6, 6.07) is 4.27. The van der Waals surface area contributed by atoms with Crippen molar-refractivity contribution in [3.63, 3.8) is 0 Å². The fraction of sp³-hybridized carbons (Fsp3) is 0.643. The van der Waals surface area contributed by atoms with Crippen molar-refractivity contribution in [1.29, 1.82) is 0 Å². The normalized spacial score (nSPS) is 10.7. The van der Waals surface area contributed by atoms with E-state index < -0.39 is 10.1 Å². The minimum Gasteiger partial charge on any atom is -0.286 e. The van der Waals surface area contributed by atoms with Crippen LogP contribution in [0.3, 0.4) is 0 Å². The van der Waals surface area contributed by atoms with E-state index in [1.165, 1.54) is 44.2 Å². The van der Waals surface area contributed by atoms with E-state index in [-0.39, 0.29) is 0 Å². The van der Waals surface area contributed by atoms with Gasteiger partial charge in [-0.3, -0.25) is 4.55 Å². The second-order valence-corrected chi connectivity index (χ2v) is 6.23. The van der Waals surface area contributed by atoms with E-state index in [2.05, 4.69) is 42.9 Å². The van der Waals surface area contributed by atoms with Crippen molar-refractivity contribution < 1.29 is 17.5 Å². The Hall–Kier alpha value is -0.940. The molecule has 0 spiro atoms. The predicted molar refractivity (Wildman–Crippen MR) is 77.6 cm³/mol. The lowest BCUT2D eigenvalue weighted by Crippen LogP contribution is -2.32. The van der Waals surface area contributed by atoms with Gasteiger partial charge in [0, 0.05) is 18.1 Å². The quantitative estimate of drug-likeness (QED) is 0.497. The number of hydrogen-bond donors (Lipinski definition) is 1. The Kier molecular flexibility index (Phi) is 9.43. The summed E-state index contributed by atoms with van der Waals surface area (Å²) in [6.45, 7) is 5.58. The summed E-state index contributed by atoms with van der Waals surface area (Å²) in [5.74, 6) is 0. The highest BCUT2D eigenvalue weighted by Gasteiger charge is 1.99. The zero-order valence-electron chi connectivity index (χ0n) is 12.2. The second kappa shape index (κ2) is 9.92. The van der Waals surface area contributed by atoms with Gasteiger partial charge in [0.25, 0.3) is 10.1 Å². The van der Waals surface area contributed by atoms with E-state index in [0.717, 1.165) is 0 Å². The lowest BCUT2D eigenvalue weighted by Gasteiger charge is -1.98. The van der Waals surface area contributed by atoms with Crippen molar-refractivity contribution in [2.24, 2.45) is 0 Å². The fourth-order valence-electron chi connectivity index (χ4n) is 1.69. The molecule has 0 radical (unpaired) electrons. The molecule has 0 saturated heterocycles. The third-order valence-electron chi connectivity index (χ3n) is 2.53. The first-order chi connectivity index (χ1) is 8.83. The van der Waals surface area contributed by atoms with Crippen molar-refractivity contribution in [2.45, 2.75) is 52.5 Å². The molecule has 1 N–H and O–H groups in total. The summed E-state index contributed by atoms with van der Waals surface area (Å²) in [5, 5.41) is 0. The molecule has 0 bridgehead atoms. The van der Waals surface area contributed by atoms with Crippen LogP contribution in [0.5, 0.6) is 0 Å². The molecular weight excluding hydrogens is 262 g/mol. The van der Waals surface area contributed by atoms with Gasteiger partial charge in [-0.05, 0) is 19.4 Å². The van der Waals surface area contributed by atoms with E-state index in [1.807, 2.05) is 0 Å². The van der Waals surface area contributed by atoms with E-state index in [9.17, 15) is 8.42 Å². The van der Waals surface area contributed by atoms with Crippen LogP contribution in [0.4, 0.5) is 0 Å². The maximum Gasteiger partial charge on any atom is 0.261 e. The molecule has 1 rings (SSSR count). The third-order valence-corrected chi connectivity index (χ3v) is 2.53. The Balaban J connectivity index is 0.000000555. The first kappa shape index (κ1) is 18.1. The summed E-state index contributed by atoms with van der Waals surface area (Å²) < 4.78 is 28.2. The average molecular weight is 288 g/mol. The fourth-order valence-corrected chi connectivity index (χ4v) is 1.69. The molecule has 0 aromatic carbocycles. The molecule has 5 heteroatoms. The van der Waals surface area contributed by atoms with Crippen molar-refractivity contribution in [3.8, 4) is 0 Å². The summed E-state index contributed by atoms with van der Waals surface area (Å²) in [6.07, 6.45) is 11.9. The van der Waals surface area contributed by atoms with E-state index in [1.54, 1.807) is 0 Å². The van der Waals surface area contributed by atoms with Gasteiger partial charge in [0.2, 0.25) is 0 Å². The number of unbranched alkanes of at least 4 members (excludes halogenated alkanes) is 4. The molecule has 0 saturated carbocycles. The molecule has 0 aliphatic heterocycles. The minimum absolute atomic E-state index is 0.715. The SMILES string of the molecule is CCCCCCC[n+]1cccc(C)c1.CS(=O)(=O)O. The van der Waals surface area contributed by atoms with Crippen LogP contribution in [0.15, 0.2) is 24.5 Å². The second-order valence-electron chi connectivity index (χ2n) is 4.77. The molecule has 0 aliphatic carbocycles. The van der Waals surface area contributed by atoms with Crippen molar-refractivity contribution in [3.05, 3.63) is 30.1 Å². The summed E-state index contributed by atoms with van der Waals surface area (Å²) in [4.78, 5) is 0. The van der Waals surface area contributed by atoms with E-state index >= 15 is 0 Å². The van der Waals surface area contributed by atoms with Gasteiger partial charge in [0.15, 0.2) is 12.4 Å². The predicted octanol–water partition coefficient (Wildman–Crippen LogP) is 2.76. The number of nitrogens with zero attached hydrogens (tertiary/aromatic N) is 1. The van der Waals surface area contributed by atoms with Gasteiger partial charge in [0.1, 0.15) is 6.54 Å². The first-order valence-corrected chi connectivity index (χ1v) is 8.56. The van der Waals surface area contributed by atoms with Crippen LogP contribution in [-0.2, 0) is 16.7 Å². The molecule has 1 aromatic rings. The number of rotatable bonds is 6. The lowest BCUT2D eigenvalue weighted by atomic mass is 10.1. The zero-order chi connectivity index (χ0) is 14.7. The Bertz CT molecular complexity index is 436. The van der Waals surface area contributed by atoms with E-state index in [4.69, 9.17) is 4.55 Å². The number of pyridine rings is 1. The molecule has 0 atom stereocenters. The molecular formula is C14H26NO3S+. The zero-order valence-corrected chi connectivity index (χ0v) is 13.0. The van der Waals surface area contributed by atoms with Gasteiger partial charge in [-0.25, -0.2) is 4.57 Å². The topological polar surface area (TPSA) is 58.2 Å². The monoisotopic (exact) mass is 288 g/mol. The average Bonchev–Trinajstić information content (AvgIpc) is 2.27. The van der Waals surface area contributed by atoms with E-state index in [0.29, 0.717) is 6.26 Å². The standard InChI is InChI=1S/C13H22N.CH4O3S/c1-3-4-5-6-7-10-14-11-8-9-13(2)12-14;1-5(2,3)4/h8-9,11-12H,3-7,10H2,1-2H3;1H3,(H,2,3,4)/q+1;. The van der Waals surface area contributed by atoms with Gasteiger partial charge in [-0.15, -0.1) is 0 Å². The number of hydrogen-bond acceptors (Lipinski definition) is 2. The van der Waals surface area contributed by atoms with Gasteiger partial charge >= 0.3 is 0 Å². The van der Waals surface area contributed by atoms with Crippen molar-refractivity contribution in [1.82, 2.24) is 0 Å². The lowest BCUT2D eigenvalue weighted by molar-refractivity contribution is -0.697. The third kappa shape index (κ3) is 15.0. The summed E-state index contributed by atoms with van der Waals surface area (Å²) in [7, 11) is -3.67. The number of aromatic nitrogens is 1. The largest absolute Gasteiger partial charge is 0.286 e. The van der Waals surface area contributed by atoms with Crippen LogP contribution in [-0.4, -0.2) is 19.2 Å². The Morgan fingerprint density at radius 3 is 2.32 bits per heavy atom. The minimum atomic E-state index is -3.67. The molecule has 0 amide bonds. The van der Waals surface area contributed by atoms with Crippen LogP contribution in [0.2, 0.25) is 0 Å². The van der Waals surface area contributed by atoms with Crippen LogP contribution >= 0.6 is 0 Å². The Morgan fingerprint density at radius 1 is 1.21 bits per heavy atom. The summed E-state index contributed by atoms with van der Waals surface area (Å²) in [5.41, 5.74) is 1.35. The maximum absolute atomic E-state index is 9.19. The summed E-state index contributed by atoms with van der Waals surface area (Å²) >= 11 is 0. The van der Waals surface area contributed by atoms with Gasteiger partial charge < -0.3 is 0 Å². The molecule has 110 valence electrons. The molecule has 19 heavy (non-hydrogen) atoms. The molecule has 0 aliphatic rings.